The van der Waals surface area contributed by atoms with Crippen molar-refractivity contribution in [3.8, 4) is 0 Å². The summed E-state index contributed by atoms with van der Waals surface area (Å²) in [5.41, 5.74) is -1.23. The Morgan fingerprint density at radius 1 is 1.00 bits per heavy atom. The average Bonchev–Trinajstić information content (AvgIpc) is 3.25. The molecule has 7 nitrogen and oxygen atoms in total. The van der Waals surface area contributed by atoms with Gasteiger partial charge in [0.15, 0.2) is 0 Å². The number of aliphatic hydroxyl groups is 1. The first-order chi connectivity index (χ1) is 18.5. The maximum Gasteiger partial charge on any atom is 0.430 e. The minimum absolute atomic E-state index is 0.141. The van der Waals surface area contributed by atoms with Crippen molar-refractivity contribution in [1.82, 2.24) is 5.32 Å². The van der Waals surface area contributed by atoms with Crippen LogP contribution in [-0.2, 0) is 26.8 Å². The smallest absolute Gasteiger partial charge is 0.369 e. The second-order valence-corrected chi connectivity index (χ2v) is 11.8. The van der Waals surface area contributed by atoms with Gasteiger partial charge in [-0.05, 0) is 68.0 Å². The van der Waals surface area contributed by atoms with Crippen LogP contribution >= 0.6 is 0 Å². The number of alkyl halides is 6. The fraction of sp³-hybridized carbons (Fsp3) is 0.480. The second kappa shape index (κ2) is 10.5. The standard InChI is InChI=1S/C25H26F7N3O4S/c26-16-6-9-18(10-7-16)40(38,39)35-17(13-22(36)34-20-3-1-2-19(20)33)8-4-14-12-15(5-11-21(14)35)23(37,24(27,28)29)25(30,31)32/h5-7,9-12,17,19-20,37H,1-4,8,13,33H2,(H,34,36)/t17-,19+,20+/m0/s1. The number of nitrogens with two attached hydrogens (primary N) is 1. The average molecular weight is 598 g/mol. The highest BCUT2D eigenvalue weighted by molar-refractivity contribution is 7.92. The van der Waals surface area contributed by atoms with E-state index in [2.05, 4.69) is 5.32 Å². The molecule has 4 N–H and O–H groups in total. The Morgan fingerprint density at radius 3 is 2.17 bits per heavy atom. The van der Waals surface area contributed by atoms with Crippen LogP contribution in [0.15, 0.2) is 47.4 Å². The van der Waals surface area contributed by atoms with E-state index in [1.807, 2.05) is 0 Å². The second-order valence-electron chi connectivity index (χ2n) is 9.97. The largest absolute Gasteiger partial charge is 0.430 e. The van der Waals surface area contributed by atoms with Crippen molar-refractivity contribution in [2.24, 2.45) is 5.73 Å². The monoisotopic (exact) mass is 597 g/mol. The number of rotatable bonds is 6. The van der Waals surface area contributed by atoms with Gasteiger partial charge in [0.25, 0.3) is 15.6 Å². The van der Waals surface area contributed by atoms with Crippen LogP contribution in [0.2, 0.25) is 0 Å². The molecule has 1 amide bonds. The van der Waals surface area contributed by atoms with Gasteiger partial charge >= 0.3 is 12.4 Å². The van der Waals surface area contributed by atoms with E-state index in [1.54, 1.807) is 0 Å². The number of benzene rings is 2. The van der Waals surface area contributed by atoms with Crippen LogP contribution in [0, 0.1) is 5.82 Å². The Hall–Kier alpha value is -2.91. The first kappa shape index (κ1) is 30.1. The van der Waals surface area contributed by atoms with E-state index in [-0.39, 0.29) is 42.6 Å². The molecular formula is C25H26F7N3O4S. The zero-order chi connectivity index (χ0) is 29.7. The summed E-state index contributed by atoms with van der Waals surface area (Å²) in [6, 6.07) is 3.53. The van der Waals surface area contributed by atoms with Gasteiger partial charge < -0.3 is 16.2 Å². The van der Waals surface area contributed by atoms with Crippen molar-refractivity contribution in [1.29, 1.82) is 0 Å². The summed E-state index contributed by atoms with van der Waals surface area (Å²) >= 11 is 0. The lowest BCUT2D eigenvalue weighted by Gasteiger charge is -2.39. The zero-order valence-electron chi connectivity index (χ0n) is 20.8. The van der Waals surface area contributed by atoms with Crippen molar-refractivity contribution < 1.29 is 49.1 Å². The topological polar surface area (TPSA) is 113 Å². The lowest BCUT2D eigenvalue weighted by Crippen LogP contribution is -2.54. The SMILES string of the molecule is N[C@@H]1CCC[C@H]1NC(=O)C[C@@H]1CCc2cc(C(O)(C(F)(F)F)C(F)(F)F)ccc2N1S(=O)(=O)c1ccc(F)cc1. The predicted molar refractivity (Wildman–Crippen MR) is 129 cm³/mol. The molecule has 1 aliphatic heterocycles. The molecule has 1 saturated carbocycles. The highest BCUT2D eigenvalue weighted by Crippen LogP contribution is 2.51. The van der Waals surface area contributed by atoms with Crippen LogP contribution in [0.25, 0.3) is 0 Å². The molecule has 0 radical (unpaired) electrons. The van der Waals surface area contributed by atoms with Crippen molar-refractivity contribution in [2.75, 3.05) is 4.31 Å². The summed E-state index contributed by atoms with van der Waals surface area (Å²) in [5, 5.41) is 12.6. The molecule has 4 rings (SSSR count). The van der Waals surface area contributed by atoms with Gasteiger partial charge in [-0.15, -0.1) is 0 Å². The lowest BCUT2D eigenvalue weighted by molar-refractivity contribution is -0.376. The Bertz CT molecular complexity index is 1350. The summed E-state index contributed by atoms with van der Waals surface area (Å²) in [6.45, 7) is 0. The molecule has 1 heterocycles. The molecule has 0 saturated heterocycles. The van der Waals surface area contributed by atoms with E-state index >= 15 is 0 Å². The van der Waals surface area contributed by atoms with Gasteiger partial charge in [0.2, 0.25) is 5.91 Å². The normalized spacial score (nSPS) is 22.2. The van der Waals surface area contributed by atoms with Gasteiger partial charge in [0.05, 0.1) is 16.6 Å². The Morgan fingerprint density at radius 2 is 1.62 bits per heavy atom. The molecular weight excluding hydrogens is 571 g/mol. The molecule has 0 unspecified atom stereocenters. The van der Waals surface area contributed by atoms with E-state index in [1.165, 1.54) is 0 Å². The van der Waals surface area contributed by atoms with Gasteiger partial charge in [0, 0.05) is 24.1 Å². The minimum Gasteiger partial charge on any atom is -0.369 e. The Labute approximate surface area is 225 Å². The lowest BCUT2D eigenvalue weighted by atomic mass is 9.87. The maximum atomic E-state index is 13.7. The van der Waals surface area contributed by atoms with E-state index in [0.717, 1.165) is 41.1 Å². The van der Waals surface area contributed by atoms with Crippen LogP contribution < -0.4 is 15.4 Å². The third-order valence-electron chi connectivity index (χ3n) is 7.34. The predicted octanol–water partition coefficient (Wildman–Crippen LogP) is 4.03. The molecule has 1 fully saturated rings. The molecule has 40 heavy (non-hydrogen) atoms. The number of hydrogen-bond donors (Lipinski definition) is 3. The van der Waals surface area contributed by atoms with Crippen LogP contribution in [-0.4, -0.2) is 49.9 Å². The van der Waals surface area contributed by atoms with Crippen LogP contribution in [0.4, 0.5) is 36.4 Å². The van der Waals surface area contributed by atoms with Gasteiger partial charge in [0.1, 0.15) is 5.82 Å². The fourth-order valence-electron chi connectivity index (χ4n) is 5.23. The van der Waals surface area contributed by atoms with Crippen LogP contribution in [0.3, 0.4) is 0 Å². The molecule has 15 heteroatoms. The van der Waals surface area contributed by atoms with Gasteiger partial charge in [-0.25, -0.2) is 12.8 Å². The van der Waals surface area contributed by atoms with E-state index in [0.29, 0.717) is 25.0 Å². The number of amides is 1. The highest BCUT2D eigenvalue weighted by Gasteiger charge is 2.71. The first-order valence-electron chi connectivity index (χ1n) is 12.3. The highest BCUT2D eigenvalue weighted by atomic mass is 32.2. The number of anilines is 1. The number of halogens is 7. The molecule has 3 atom stereocenters. The number of carbonyl (C=O) groups excluding carboxylic acids is 1. The molecule has 1 aliphatic carbocycles. The zero-order valence-corrected chi connectivity index (χ0v) is 21.6. The van der Waals surface area contributed by atoms with Crippen molar-refractivity contribution in [2.45, 2.75) is 79.5 Å². The summed E-state index contributed by atoms with van der Waals surface area (Å²) in [7, 11) is -4.58. The van der Waals surface area contributed by atoms with Crippen LogP contribution in [0.1, 0.15) is 43.2 Å². The number of carbonyl (C=O) groups is 1. The number of nitrogens with zero attached hydrogens (tertiary/aromatic N) is 1. The molecule has 0 spiro atoms. The first-order valence-corrected chi connectivity index (χ1v) is 13.7. The number of hydrogen-bond acceptors (Lipinski definition) is 5. The number of nitrogens with one attached hydrogen (secondary N) is 1. The van der Waals surface area contributed by atoms with E-state index in [9.17, 15) is 49.1 Å². The third-order valence-corrected chi connectivity index (χ3v) is 9.22. The maximum absolute atomic E-state index is 13.7. The van der Waals surface area contributed by atoms with Crippen molar-refractivity contribution >= 4 is 21.6 Å². The molecule has 2 aliphatic rings. The fourth-order valence-corrected chi connectivity index (χ4v) is 6.95. The molecule has 2 aromatic rings. The number of fused-ring (bicyclic) bond motifs is 1. The van der Waals surface area contributed by atoms with Gasteiger partial charge in [-0.2, -0.15) is 26.3 Å². The molecule has 0 bridgehead atoms. The Balaban J connectivity index is 1.77. The Kier molecular flexibility index (Phi) is 7.88. The van der Waals surface area contributed by atoms with E-state index < -0.39 is 56.2 Å². The molecule has 2 aromatic carbocycles. The van der Waals surface area contributed by atoms with Crippen molar-refractivity contribution in [3.63, 3.8) is 0 Å². The van der Waals surface area contributed by atoms with E-state index in [4.69, 9.17) is 5.73 Å². The summed E-state index contributed by atoms with van der Waals surface area (Å²) in [4.78, 5) is 12.5. The van der Waals surface area contributed by atoms with Gasteiger partial charge in [-0.3, -0.25) is 9.10 Å². The van der Waals surface area contributed by atoms with Crippen LogP contribution in [0.5, 0.6) is 0 Å². The number of sulfonamides is 1. The molecule has 220 valence electrons. The quantitative estimate of drug-likeness (QED) is 0.436. The number of aryl methyl sites for hydroxylation is 1. The summed E-state index contributed by atoms with van der Waals surface area (Å²) < 4.78 is 123. The summed E-state index contributed by atoms with van der Waals surface area (Å²) in [6.07, 6.45) is -10.9. The third kappa shape index (κ3) is 5.38. The minimum atomic E-state index is -6.13. The van der Waals surface area contributed by atoms with Gasteiger partial charge in [-0.1, -0.05) is 12.1 Å². The molecule has 0 aromatic heterocycles. The summed E-state index contributed by atoms with van der Waals surface area (Å²) in [5.74, 6) is -1.28. The van der Waals surface area contributed by atoms with Crippen molar-refractivity contribution in [3.05, 3.63) is 59.4 Å².